The number of benzene rings is 2. The molecule has 0 fully saturated rings. The molecule has 0 radical (unpaired) electrons. The Labute approximate surface area is 191 Å². The fourth-order valence-electron chi connectivity index (χ4n) is 3.73. The van der Waals surface area contributed by atoms with E-state index in [2.05, 4.69) is 20.7 Å². The number of methoxy groups -OCH3 is 1. The average molecular weight is 452 g/mol. The highest BCUT2D eigenvalue weighted by Crippen LogP contribution is 2.40. The van der Waals surface area contributed by atoms with E-state index in [0.29, 0.717) is 46.2 Å². The summed E-state index contributed by atoms with van der Waals surface area (Å²) >= 11 is 1.44. The zero-order valence-corrected chi connectivity index (χ0v) is 19.2. The number of allylic oxidation sites excluding steroid dienone is 1. The molecule has 1 aliphatic heterocycles. The van der Waals surface area contributed by atoms with Gasteiger partial charge >= 0.3 is 0 Å². The van der Waals surface area contributed by atoms with Gasteiger partial charge in [0.25, 0.3) is 5.91 Å². The number of hydrogen-bond acceptors (Lipinski definition) is 7. The number of amides is 1. The number of nitrogens with zero attached hydrogens (tertiary/aromatic N) is 3. The molecule has 1 aliphatic rings. The lowest BCUT2D eigenvalue weighted by Crippen LogP contribution is -2.31. The molecule has 4 rings (SSSR count). The molecule has 8 nitrogen and oxygen atoms in total. The summed E-state index contributed by atoms with van der Waals surface area (Å²) in [6.45, 7) is 4.31. The van der Waals surface area contributed by atoms with Crippen molar-refractivity contribution in [3.63, 3.8) is 0 Å². The Morgan fingerprint density at radius 1 is 1.19 bits per heavy atom. The molecule has 166 valence electrons. The van der Waals surface area contributed by atoms with E-state index in [0.717, 1.165) is 5.56 Å². The summed E-state index contributed by atoms with van der Waals surface area (Å²) < 4.78 is 13.0. The van der Waals surface area contributed by atoms with Gasteiger partial charge in [-0.25, -0.2) is 4.68 Å². The highest BCUT2D eigenvalue weighted by Gasteiger charge is 2.36. The summed E-state index contributed by atoms with van der Waals surface area (Å²) in [5.74, 6) is 1.60. The number of nitrogens with one attached hydrogen (secondary N) is 2. The van der Waals surface area contributed by atoms with Crippen molar-refractivity contribution in [2.24, 2.45) is 0 Å². The smallest absolute Gasteiger partial charge is 0.255 e. The van der Waals surface area contributed by atoms with Crippen molar-refractivity contribution >= 4 is 29.3 Å². The van der Waals surface area contributed by atoms with Crippen molar-refractivity contribution in [1.29, 1.82) is 0 Å². The van der Waals surface area contributed by atoms with Crippen LogP contribution in [0.1, 0.15) is 25.5 Å². The SMILES string of the molecule is CCOc1ccccc1C1C(C(=O)Nc2ccccc2OC)=C(C)Nc2nc(SC)nn21. The van der Waals surface area contributed by atoms with Crippen molar-refractivity contribution in [2.75, 3.05) is 30.6 Å². The van der Waals surface area contributed by atoms with Crippen molar-refractivity contribution in [3.05, 3.63) is 65.4 Å². The average Bonchev–Trinajstić information content (AvgIpc) is 3.22. The molecule has 1 aromatic heterocycles. The van der Waals surface area contributed by atoms with Crippen LogP contribution in [0.5, 0.6) is 11.5 Å². The molecule has 1 amide bonds. The lowest BCUT2D eigenvalue weighted by atomic mass is 9.94. The van der Waals surface area contributed by atoms with Crippen LogP contribution in [0.25, 0.3) is 0 Å². The number of carbonyl (C=O) groups excluding carboxylic acids is 1. The molecule has 0 aliphatic carbocycles. The third kappa shape index (κ3) is 4.03. The van der Waals surface area contributed by atoms with E-state index in [4.69, 9.17) is 9.47 Å². The second-order valence-electron chi connectivity index (χ2n) is 7.06. The van der Waals surface area contributed by atoms with E-state index < -0.39 is 6.04 Å². The van der Waals surface area contributed by atoms with E-state index in [1.54, 1.807) is 23.9 Å². The molecular formula is C23H25N5O3S. The third-order valence-electron chi connectivity index (χ3n) is 5.13. The number of para-hydroxylation sites is 3. The van der Waals surface area contributed by atoms with Crippen LogP contribution in [0.15, 0.2) is 65.0 Å². The van der Waals surface area contributed by atoms with Crippen molar-refractivity contribution < 1.29 is 14.3 Å². The van der Waals surface area contributed by atoms with Crippen LogP contribution >= 0.6 is 11.8 Å². The molecule has 2 N–H and O–H groups in total. The molecule has 2 heterocycles. The zero-order chi connectivity index (χ0) is 22.7. The third-order valence-corrected chi connectivity index (χ3v) is 5.67. The summed E-state index contributed by atoms with van der Waals surface area (Å²) in [5, 5.41) is 11.5. The second-order valence-corrected chi connectivity index (χ2v) is 7.83. The van der Waals surface area contributed by atoms with Crippen LogP contribution < -0.4 is 20.1 Å². The van der Waals surface area contributed by atoms with Crippen LogP contribution in [0.2, 0.25) is 0 Å². The highest BCUT2D eigenvalue weighted by atomic mass is 32.2. The zero-order valence-electron chi connectivity index (χ0n) is 18.4. The Morgan fingerprint density at radius 2 is 1.91 bits per heavy atom. The minimum absolute atomic E-state index is 0.261. The summed E-state index contributed by atoms with van der Waals surface area (Å²) in [5.41, 5.74) is 2.64. The van der Waals surface area contributed by atoms with E-state index in [1.807, 2.05) is 56.5 Å². The number of rotatable bonds is 7. The minimum atomic E-state index is -0.517. The molecule has 32 heavy (non-hydrogen) atoms. The molecule has 0 saturated carbocycles. The van der Waals surface area contributed by atoms with Gasteiger partial charge in [-0.2, -0.15) is 4.98 Å². The van der Waals surface area contributed by atoms with E-state index in [9.17, 15) is 4.79 Å². The first kappa shape index (κ1) is 21.8. The lowest BCUT2D eigenvalue weighted by molar-refractivity contribution is -0.113. The summed E-state index contributed by atoms with van der Waals surface area (Å²) in [7, 11) is 1.57. The van der Waals surface area contributed by atoms with Crippen LogP contribution in [0.3, 0.4) is 0 Å². The number of anilines is 2. The maximum Gasteiger partial charge on any atom is 0.255 e. The molecule has 0 bridgehead atoms. The fourth-order valence-corrected chi connectivity index (χ4v) is 4.08. The van der Waals surface area contributed by atoms with Gasteiger partial charge in [0.15, 0.2) is 0 Å². The molecule has 2 aromatic carbocycles. The fraction of sp³-hybridized carbons (Fsp3) is 0.261. The highest BCUT2D eigenvalue weighted by molar-refractivity contribution is 7.98. The van der Waals surface area contributed by atoms with Gasteiger partial charge in [-0.1, -0.05) is 42.1 Å². The van der Waals surface area contributed by atoms with E-state index in [-0.39, 0.29) is 5.91 Å². The normalized spacial score (nSPS) is 15.1. The summed E-state index contributed by atoms with van der Waals surface area (Å²) in [4.78, 5) is 18.2. The van der Waals surface area contributed by atoms with Crippen molar-refractivity contribution in [3.8, 4) is 11.5 Å². The minimum Gasteiger partial charge on any atom is -0.495 e. The first-order chi connectivity index (χ1) is 15.6. The summed E-state index contributed by atoms with van der Waals surface area (Å²) in [6.07, 6.45) is 1.92. The lowest BCUT2D eigenvalue weighted by Gasteiger charge is -2.29. The van der Waals surface area contributed by atoms with Crippen LogP contribution in [0, 0.1) is 0 Å². The second kappa shape index (κ2) is 9.35. The number of thioether (sulfide) groups is 1. The van der Waals surface area contributed by atoms with Gasteiger partial charge in [-0.05, 0) is 38.3 Å². The molecule has 1 unspecified atom stereocenters. The van der Waals surface area contributed by atoms with Crippen molar-refractivity contribution in [1.82, 2.24) is 14.8 Å². The largest absolute Gasteiger partial charge is 0.495 e. The predicted molar refractivity (Wildman–Crippen MR) is 125 cm³/mol. The number of ether oxygens (including phenoxy) is 2. The number of carbonyl (C=O) groups is 1. The van der Waals surface area contributed by atoms with Gasteiger partial charge in [0, 0.05) is 11.3 Å². The Kier molecular flexibility index (Phi) is 6.36. The predicted octanol–water partition coefficient (Wildman–Crippen LogP) is 4.33. The van der Waals surface area contributed by atoms with Gasteiger partial charge in [0.05, 0.1) is 25.0 Å². The first-order valence-electron chi connectivity index (χ1n) is 10.2. The molecule has 1 atom stereocenters. The molecule has 3 aromatic rings. The van der Waals surface area contributed by atoms with Gasteiger partial charge in [0.2, 0.25) is 11.1 Å². The van der Waals surface area contributed by atoms with Crippen LogP contribution in [-0.4, -0.2) is 40.6 Å². The Morgan fingerprint density at radius 3 is 2.62 bits per heavy atom. The van der Waals surface area contributed by atoms with Gasteiger partial charge < -0.3 is 20.1 Å². The van der Waals surface area contributed by atoms with Gasteiger partial charge in [-0.3, -0.25) is 4.79 Å². The Hall–Kier alpha value is -3.46. The number of aromatic nitrogens is 3. The summed E-state index contributed by atoms with van der Waals surface area (Å²) in [6, 6.07) is 14.5. The molecular weight excluding hydrogens is 426 g/mol. The number of fused-ring (bicyclic) bond motifs is 1. The van der Waals surface area contributed by atoms with E-state index in [1.165, 1.54) is 11.8 Å². The van der Waals surface area contributed by atoms with Gasteiger partial charge in [0.1, 0.15) is 17.5 Å². The topological polar surface area (TPSA) is 90.3 Å². The Balaban J connectivity index is 1.83. The Bertz CT molecular complexity index is 1170. The molecule has 9 heteroatoms. The van der Waals surface area contributed by atoms with Gasteiger partial charge in [-0.15, -0.1) is 5.10 Å². The number of hydrogen-bond donors (Lipinski definition) is 2. The quantitative estimate of drug-likeness (QED) is 0.517. The van der Waals surface area contributed by atoms with Crippen LogP contribution in [-0.2, 0) is 4.79 Å². The first-order valence-corrected chi connectivity index (χ1v) is 11.4. The molecule has 0 saturated heterocycles. The van der Waals surface area contributed by atoms with Crippen molar-refractivity contribution in [2.45, 2.75) is 25.0 Å². The van der Waals surface area contributed by atoms with Crippen LogP contribution in [0.4, 0.5) is 11.6 Å². The molecule has 0 spiro atoms. The van der Waals surface area contributed by atoms with E-state index >= 15 is 0 Å². The standard InChI is InChI=1S/C23H25N5O3S/c1-5-31-17-12-8-6-10-15(17)20-19(14(2)24-22-26-23(32-4)27-28(20)22)21(29)25-16-11-7-9-13-18(16)30-3/h6-13,20H,5H2,1-4H3,(H,25,29)(H,24,26,27). The maximum absolute atomic E-state index is 13.6. The maximum atomic E-state index is 13.6. The monoisotopic (exact) mass is 451 g/mol.